The average molecular weight is 337 g/mol. The van der Waals surface area contributed by atoms with E-state index >= 15 is 0 Å². The molecule has 0 spiro atoms. The molecule has 126 valence electrons. The molecule has 0 unspecified atom stereocenters. The second-order valence-corrected chi connectivity index (χ2v) is 5.44. The largest absolute Gasteiger partial charge is 0.356 e. The van der Waals surface area contributed by atoms with E-state index in [-0.39, 0.29) is 17.8 Å². The number of nitrogens with zero attached hydrogens (tertiary/aromatic N) is 2. The molecule has 1 N–H and O–H groups in total. The maximum Gasteiger partial charge on any atom is 0.273 e. The first-order valence-corrected chi connectivity index (χ1v) is 7.59. The number of rotatable bonds is 5. The fraction of sp³-hybridized carbons (Fsp3) is 0.111. The van der Waals surface area contributed by atoms with Gasteiger partial charge in [-0.2, -0.15) is 0 Å². The van der Waals surface area contributed by atoms with E-state index in [0.29, 0.717) is 17.0 Å². The van der Waals surface area contributed by atoms with E-state index in [1.54, 1.807) is 19.1 Å². The van der Waals surface area contributed by atoms with Crippen molar-refractivity contribution in [2.75, 3.05) is 0 Å². The van der Waals surface area contributed by atoms with Crippen LogP contribution in [0.2, 0.25) is 0 Å². The highest BCUT2D eigenvalue weighted by Crippen LogP contribution is 2.22. The highest BCUT2D eigenvalue weighted by molar-refractivity contribution is 5.96. The number of nitro groups is 1. The summed E-state index contributed by atoms with van der Waals surface area (Å²) in [6, 6.07) is 15.6. The Kier molecular flexibility index (Phi) is 4.56. The van der Waals surface area contributed by atoms with Gasteiger partial charge in [-0.15, -0.1) is 0 Å². The van der Waals surface area contributed by atoms with Gasteiger partial charge in [0.2, 0.25) is 0 Å². The summed E-state index contributed by atoms with van der Waals surface area (Å²) in [7, 11) is 0. The molecule has 0 saturated heterocycles. The number of aromatic nitrogens is 1. The van der Waals surface area contributed by atoms with E-state index in [9.17, 15) is 14.9 Å². The van der Waals surface area contributed by atoms with E-state index in [4.69, 9.17) is 4.52 Å². The first-order chi connectivity index (χ1) is 12.1. The standard InChI is InChI=1S/C18H15N3O4/c1-12-15(8-5-9-16(12)21(23)24)18(22)19-11-14-10-17(25-20-14)13-6-3-2-4-7-13/h2-10H,11H2,1H3,(H,19,22). The Morgan fingerprint density at radius 2 is 1.96 bits per heavy atom. The van der Waals surface area contributed by atoms with Crippen LogP contribution in [-0.2, 0) is 6.54 Å². The fourth-order valence-electron chi connectivity index (χ4n) is 2.47. The Morgan fingerprint density at radius 1 is 1.20 bits per heavy atom. The number of hydrogen-bond acceptors (Lipinski definition) is 5. The highest BCUT2D eigenvalue weighted by Gasteiger charge is 2.18. The summed E-state index contributed by atoms with van der Waals surface area (Å²) in [6.07, 6.45) is 0. The molecule has 0 aliphatic heterocycles. The summed E-state index contributed by atoms with van der Waals surface area (Å²) < 4.78 is 5.27. The molecule has 2 aromatic carbocycles. The smallest absolute Gasteiger partial charge is 0.273 e. The molecule has 1 amide bonds. The average Bonchev–Trinajstić information content (AvgIpc) is 3.09. The van der Waals surface area contributed by atoms with Crippen molar-refractivity contribution in [1.29, 1.82) is 0 Å². The predicted molar refractivity (Wildman–Crippen MR) is 90.9 cm³/mol. The molecule has 7 nitrogen and oxygen atoms in total. The summed E-state index contributed by atoms with van der Waals surface area (Å²) in [4.78, 5) is 22.8. The number of hydrogen-bond donors (Lipinski definition) is 1. The minimum Gasteiger partial charge on any atom is -0.356 e. The number of nitro benzene ring substituents is 1. The molecule has 1 heterocycles. The third kappa shape index (κ3) is 3.55. The fourth-order valence-corrected chi connectivity index (χ4v) is 2.47. The maximum absolute atomic E-state index is 12.3. The lowest BCUT2D eigenvalue weighted by molar-refractivity contribution is -0.385. The van der Waals surface area contributed by atoms with Gasteiger partial charge in [0.15, 0.2) is 5.76 Å². The Bertz CT molecular complexity index is 919. The van der Waals surface area contributed by atoms with Crippen LogP contribution in [0.15, 0.2) is 59.1 Å². The van der Waals surface area contributed by atoms with Gasteiger partial charge in [0, 0.05) is 28.8 Å². The predicted octanol–water partition coefficient (Wildman–Crippen LogP) is 3.49. The van der Waals surface area contributed by atoms with Crippen LogP contribution in [0.3, 0.4) is 0 Å². The lowest BCUT2D eigenvalue weighted by atomic mass is 10.1. The van der Waals surface area contributed by atoms with Crippen molar-refractivity contribution in [2.45, 2.75) is 13.5 Å². The molecule has 3 aromatic rings. The van der Waals surface area contributed by atoms with Gasteiger partial charge in [0.1, 0.15) is 5.69 Å². The quantitative estimate of drug-likeness (QED) is 0.567. The number of nitrogens with one attached hydrogen (secondary N) is 1. The van der Waals surface area contributed by atoms with Crippen molar-refractivity contribution >= 4 is 11.6 Å². The van der Waals surface area contributed by atoms with Crippen molar-refractivity contribution in [1.82, 2.24) is 10.5 Å². The molecule has 0 atom stereocenters. The van der Waals surface area contributed by atoms with Crippen LogP contribution >= 0.6 is 0 Å². The molecular weight excluding hydrogens is 322 g/mol. The van der Waals surface area contributed by atoms with E-state index in [0.717, 1.165) is 5.56 Å². The van der Waals surface area contributed by atoms with Crippen LogP contribution in [-0.4, -0.2) is 16.0 Å². The van der Waals surface area contributed by atoms with Gasteiger partial charge in [0.25, 0.3) is 11.6 Å². The Balaban J connectivity index is 1.70. The second kappa shape index (κ2) is 6.96. The van der Waals surface area contributed by atoms with Gasteiger partial charge in [-0.1, -0.05) is 41.6 Å². The minimum atomic E-state index is -0.504. The van der Waals surface area contributed by atoms with E-state index < -0.39 is 10.8 Å². The first-order valence-electron chi connectivity index (χ1n) is 7.59. The third-order valence-electron chi connectivity index (χ3n) is 3.79. The molecule has 3 rings (SSSR count). The van der Waals surface area contributed by atoms with Crippen LogP contribution < -0.4 is 5.32 Å². The van der Waals surface area contributed by atoms with Crippen molar-refractivity contribution in [2.24, 2.45) is 0 Å². The van der Waals surface area contributed by atoms with E-state index in [1.807, 2.05) is 30.3 Å². The van der Waals surface area contributed by atoms with Crippen molar-refractivity contribution in [3.05, 3.63) is 81.5 Å². The molecule has 0 fully saturated rings. The molecule has 0 radical (unpaired) electrons. The summed E-state index contributed by atoms with van der Waals surface area (Å²) in [6.45, 7) is 1.72. The summed E-state index contributed by atoms with van der Waals surface area (Å²) in [5.74, 6) is 0.210. The van der Waals surface area contributed by atoms with Crippen molar-refractivity contribution < 1.29 is 14.2 Å². The molecule has 1 aromatic heterocycles. The normalized spacial score (nSPS) is 10.4. The van der Waals surface area contributed by atoms with Gasteiger partial charge < -0.3 is 9.84 Å². The second-order valence-electron chi connectivity index (χ2n) is 5.44. The molecule has 0 aliphatic carbocycles. The first kappa shape index (κ1) is 16.4. The topological polar surface area (TPSA) is 98.3 Å². The van der Waals surface area contributed by atoms with Crippen LogP contribution in [0.5, 0.6) is 0 Å². The summed E-state index contributed by atoms with van der Waals surface area (Å²) in [5, 5.41) is 17.6. The Morgan fingerprint density at radius 3 is 2.68 bits per heavy atom. The van der Waals surface area contributed by atoms with Gasteiger partial charge in [-0.05, 0) is 13.0 Å². The van der Waals surface area contributed by atoms with Gasteiger partial charge >= 0.3 is 0 Å². The lowest BCUT2D eigenvalue weighted by Gasteiger charge is -2.06. The van der Waals surface area contributed by atoms with Crippen molar-refractivity contribution in [3.63, 3.8) is 0 Å². The third-order valence-corrected chi connectivity index (χ3v) is 3.79. The summed E-state index contributed by atoms with van der Waals surface area (Å²) >= 11 is 0. The zero-order valence-corrected chi connectivity index (χ0v) is 13.4. The number of carbonyl (C=O) groups is 1. The Labute approximate surface area is 143 Å². The van der Waals surface area contributed by atoms with Gasteiger partial charge in [-0.25, -0.2) is 0 Å². The lowest BCUT2D eigenvalue weighted by Crippen LogP contribution is -2.24. The molecule has 25 heavy (non-hydrogen) atoms. The number of carbonyl (C=O) groups excluding carboxylic acids is 1. The Hall–Kier alpha value is -3.48. The zero-order valence-electron chi connectivity index (χ0n) is 13.4. The maximum atomic E-state index is 12.3. The van der Waals surface area contributed by atoms with Crippen LogP contribution in [0.25, 0.3) is 11.3 Å². The van der Waals surface area contributed by atoms with E-state index in [1.165, 1.54) is 12.1 Å². The number of benzene rings is 2. The zero-order chi connectivity index (χ0) is 17.8. The molecule has 0 saturated carbocycles. The molecule has 7 heteroatoms. The minimum absolute atomic E-state index is 0.0829. The van der Waals surface area contributed by atoms with Crippen LogP contribution in [0.1, 0.15) is 21.6 Å². The van der Waals surface area contributed by atoms with Gasteiger partial charge in [0.05, 0.1) is 11.5 Å². The molecular formula is C18H15N3O4. The van der Waals surface area contributed by atoms with E-state index in [2.05, 4.69) is 10.5 Å². The van der Waals surface area contributed by atoms with Crippen LogP contribution in [0.4, 0.5) is 5.69 Å². The highest BCUT2D eigenvalue weighted by atomic mass is 16.6. The molecule has 0 bridgehead atoms. The summed E-state index contributed by atoms with van der Waals surface area (Å²) in [5.41, 5.74) is 1.97. The van der Waals surface area contributed by atoms with Crippen molar-refractivity contribution in [3.8, 4) is 11.3 Å². The van der Waals surface area contributed by atoms with Crippen LogP contribution in [0, 0.1) is 17.0 Å². The monoisotopic (exact) mass is 337 g/mol. The number of amides is 1. The molecule has 0 aliphatic rings. The van der Waals surface area contributed by atoms with Gasteiger partial charge in [-0.3, -0.25) is 14.9 Å². The SMILES string of the molecule is Cc1c(C(=O)NCc2cc(-c3ccccc3)on2)cccc1[N+](=O)[O-].